The smallest absolute Gasteiger partial charge is 0.234 e. The number of amides is 1. The van der Waals surface area contributed by atoms with Crippen LogP contribution in [0, 0.1) is 0 Å². The Bertz CT molecular complexity index is 282. The Morgan fingerprint density at radius 3 is 2.56 bits per heavy atom. The minimum atomic E-state index is -0.152. The van der Waals surface area contributed by atoms with Crippen molar-refractivity contribution in [3.63, 3.8) is 0 Å². The van der Waals surface area contributed by atoms with Crippen LogP contribution in [0.25, 0.3) is 0 Å². The molecule has 104 valence electrons. The minimum Gasteiger partial charge on any atom is -0.393 e. The first-order valence-corrected chi connectivity index (χ1v) is 7.33. The lowest BCUT2D eigenvalue weighted by Gasteiger charge is -2.36. The molecule has 2 rings (SSSR count). The van der Waals surface area contributed by atoms with Crippen molar-refractivity contribution >= 4 is 5.91 Å². The van der Waals surface area contributed by atoms with Crippen LogP contribution in [0.1, 0.15) is 52.4 Å². The van der Waals surface area contributed by atoms with Gasteiger partial charge in [0.2, 0.25) is 5.91 Å². The first-order valence-electron chi connectivity index (χ1n) is 7.33. The van der Waals surface area contributed by atoms with Crippen molar-refractivity contribution in [3.8, 4) is 0 Å². The van der Waals surface area contributed by atoms with Crippen LogP contribution in [0.2, 0.25) is 0 Å². The van der Waals surface area contributed by atoms with E-state index in [1.165, 1.54) is 0 Å². The highest BCUT2D eigenvalue weighted by Crippen LogP contribution is 2.35. The summed E-state index contributed by atoms with van der Waals surface area (Å²) in [4.78, 5) is 14.3. The number of carbonyl (C=O) groups excluding carboxylic acids is 1. The van der Waals surface area contributed by atoms with Gasteiger partial charge in [0.05, 0.1) is 12.6 Å². The van der Waals surface area contributed by atoms with Crippen LogP contribution in [0.3, 0.4) is 0 Å². The van der Waals surface area contributed by atoms with Crippen molar-refractivity contribution in [3.05, 3.63) is 0 Å². The van der Waals surface area contributed by atoms with Gasteiger partial charge in [0, 0.05) is 18.1 Å². The zero-order chi connectivity index (χ0) is 13.1. The molecule has 18 heavy (non-hydrogen) atoms. The summed E-state index contributed by atoms with van der Waals surface area (Å²) < 4.78 is 0. The summed E-state index contributed by atoms with van der Waals surface area (Å²) >= 11 is 0. The van der Waals surface area contributed by atoms with Gasteiger partial charge in [0.1, 0.15) is 0 Å². The van der Waals surface area contributed by atoms with Crippen LogP contribution in [0.4, 0.5) is 0 Å². The van der Waals surface area contributed by atoms with Gasteiger partial charge in [-0.1, -0.05) is 13.3 Å². The second kappa shape index (κ2) is 6.02. The number of hydrogen-bond acceptors (Lipinski definition) is 3. The summed E-state index contributed by atoms with van der Waals surface area (Å²) in [5.74, 6) is 0.143. The van der Waals surface area contributed by atoms with E-state index in [2.05, 4.69) is 24.1 Å². The molecule has 2 N–H and O–H groups in total. The summed E-state index contributed by atoms with van der Waals surface area (Å²) in [6, 6.07) is 1.12. The van der Waals surface area contributed by atoms with Gasteiger partial charge in [0.25, 0.3) is 0 Å². The molecule has 1 amide bonds. The molecule has 0 aromatic heterocycles. The number of rotatable bonds is 5. The fraction of sp³-hybridized carbons (Fsp3) is 0.929. The minimum absolute atomic E-state index is 0.143. The van der Waals surface area contributed by atoms with Crippen LogP contribution in [0.15, 0.2) is 0 Å². The molecule has 2 heterocycles. The molecule has 2 saturated heterocycles. The van der Waals surface area contributed by atoms with E-state index in [9.17, 15) is 9.90 Å². The summed E-state index contributed by atoms with van der Waals surface area (Å²) in [6.45, 7) is 4.71. The van der Waals surface area contributed by atoms with E-state index < -0.39 is 0 Å². The quantitative estimate of drug-likeness (QED) is 0.777. The molecule has 0 radical (unpaired) electrons. The van der Waals surface area contributed by atoms with Crippen LogP contribution >= 0.6 is 0 Å². The molecule has 0 aromatic carbocycles. The zero-order valence-corrected chi connectivity index (χ0v) is 11.6. The monoisotopic (exact) mass is 254 g/mol. The maximum atomic E-state index is 12.0. The van der Waals surface area contributed by atoms with Gasteiger partial charge in [-0.3, -0.25) is 9.69 Å². The predicted octanol–water partition coefficient (Wildman–Crippen LogP) is 1.28. The molecule has 0 aromatic rings. The number of fused-ring (bicyclic) bond motifs is 2. The van der Waals surface area contributed by atoms with Crippen LogP contribution in [-0.4, -0.2) is 46.7 Å². The normalized spacial score (nSPS) is 33.4. The third-order valence-corrected chi connectivity index (χ3v) is 4.31. The Morgan fingerprint density at radius 2 is 2.00 bits per heavy atom. The lowest BCUT2D eigenvalue weighted by molar-refractivity contribution is -0.124. The standard InChI is InChI=1S/C14H26N2O2/c1-3-4-10(2)15-14(18)9-16-11-5-6-12(16)8-13(17)7-11/h10-13,17H,3-9H2,1-2H3,(H,15,18). The van der Waals surface area contributed by atoms with Crippen molar-refractivity contribution in [2.24, 2.45) is 0 Å². The van der Waals surface area contributed by atoms with Gasteiger partial charge in [-0.05, 0) is 39.0 Å². The van der Waals surface area contributed by atoms with Crippen LogP contribution in [-0.2, 0) is 4.79 Å². The topological polar surface area (TPSA) is 52.6 Å². The number of aliphatic hydroxyl groups excluding tert-OH is 1. The second-order valence-corrected chi connectivity index (χ2v) is 5.94. The molecule has 3 atom stereocenters. The lowest BCUT2D eigenvalue weighted by atomic mass is 10.00. The second-order valence-electron chi connectivity index (χ2n) is 5.94. The number of piperidine rings is 1. The Balaban J connectivity index is 1.81. The number of nitrogens with zero attached hydrogens (tertiary/aromatic N) is 1. The summed E-state index contributed by atoms with van der Waals surface area (Å²) in [6.07, 6.45) is 5.95. The largest absolute Gasteiger partial charge is 0.393 e. The summed E-state index contributed by atoms with van der Waals surface area (Å²) in [7, 11) is 0. The fourth-order valence-electron chi connectivity index (χ4n) is 3.50. The molecule has 4 nitrogen and oxygen atoms in total. The van der Waals surface area contributed by atoms with Gasteiger partial charge < -0.3 is 10.4 Å². The highest BCUT2D eigenvalue weighted by atomic mass is 16.3. The number of hydrogen-bond donors (Lipinski definition) is 2. The van der Waals surface area contributed by atoms with Crippen molar-refractivity contribution < 1.29 is 9.90 Å². The van der Waals surface area contributed by atoms with Gasteiger partial charge in [-0.15, -0.1) is 0 Å². The molecular formula is C14H26N2O2. The highest BCUT2D eigenvalue weighted by Gasteiger charge is 2.40. The Hall–Kier alpha value is -0.610. The molecule has 0 spiro atoms. The van der Waals surface area contributed by atoms with E-state index in [4.69, 9.17) is 0 Å². The van der Waals surface area contributed by atoms with Crippen molar-refractivity contribution in [1.29, 1.82) is 0 Å². The predicted molar refractivity (Wildman–Crippen MR) is 71.3 cm³/mol. The molecule has 0 aliphatic carbocycles. The van der Waals surface area contributed by atoms with E-state index in [1.807, 2.05) is 0 Å². The highest BCUT2D eigenvalue weighted by molar-refractivity contribution is 5.78. The van der Waals surface area contributed by atoms with Crippen LogP contribution in [0.5, 0.6) is 0 Å². The van der Waals surface area contributed by atoms with E-state index in [0.717, 1.165) is 38.5 Å². The molecular weight excluding hydrogens is 228 g/mol. The van der Waals surface area contributed by atoms with E-state index >= 15 is 0 Å². The number of aliphatic hydroxyl groups is 1. The number of carbonyl (C=O) groups is 1. The molecule has 2 bridgehead atoms. The van der Waals surface area contributed by atoms with E-state index in [-0.39, 0.29) is 18.1 Å². The SMILES string of the molecule is CCCC(C)NC(=O)CN1C2CCC1CC(O)C2. The van der Waals surface area contributed by atoms with Gasteiger partial charge >= 0.3 is 0 Å². The summed E-state index contributed by atoms with van der Waals surface area (Å²) in [5, 5.41) is 12.8. The Labute approximate surface area is 110 Å². The third-order valence-electron chi connectivity index (χ3n) is 4.31. The Morgan fingerprint density at radius 1 is 1.39 bits per heavy atom. The van der Waals surface area contributed by atoms with Crippen molar-refractivity contribution in [2.45, 2.75) is 76.6 Å². The molecule has 2 aliphatic rings. The van der Waals surface area contributed by atoms with E-state index in [1.54, 1.807) is 0 Å². The van der Waals surface area contributed by atoms with Gasteiger partial charge in [-0.2, -0.15) is 0 Å². The van der Waals surface area contributed by atoms with Gasteiger partial charge in [0.15, 0.2) is 0 Å². The molecule has 2 fully saturated rings. The maximum Gasteiger partial charge on any atom is 0.234 e. The first-order chi connectivity index (χ1) is 8.60. The van der Waals surface area contributed by atoms with E-state index in [0.29, 0.717) is 18.6 Å². The average Bonchev–Trinajstić information content (AvgIpc) is 2.54. The zero-order valence-electron chi connectivity index (χ0n) is 11.6. The fourth-order valence-corrected chi connectivity index (χ4v) is 3.50. The maximum absolute atomic E-state index is 12.0. The van der Waals surface area contributed by atoms with Gasteiger partial charge in [-0.25, -0.2) is 0 Å². The number of nitrogens with one attached hydrogen (secondary N) is 1. The molecule has 0 saturated carbocycles. The Kier molecular flexibility index (Phi) is 4.62. The molecule has 4 heteroatoms. The molecule has 3 unspecified atom stereocenters. The lowest BCUT2D eigenvalue weighted by Crippen LogP contribution is -2.50. The van der Waals surface area contributed by atoms with Crippen molar-refractivity contribution in [2.75, 3.05) is 6.54 Å². The van der Waals surface area contributed by atoms with Crippen LogP contribution < -0.4 is 5.32 Å². The summed E-state index contributed by atoms with van der Waals surface area (Å²) in [5.41, 5.74) is 0. The first kappa shape index (κ1) is 13.8. The molecule has 2 aliphatic heterocycles. The average molecular weight is 254 g/mol. The van der Waals surface area contributed by atoms with Crippen molar-refractivity contribution in [1.82, 2.24) is 10.2 Å². The third kappa shape index (κ3) is 3.23.